The van der Waals surface area contributed by atoms with Crippen LogP contribution in [0, 0.1) is 28.6 Å². The molecule has 0 aromatic rings. The zero-order chi connectivity index (χ0) is 12.1. The van der Waals surface area contributed by atoms with Gasteiger partial charge in [0, 0.05) is 12.6 Å². The molecule has 3 rings (SSSR count). The van der Waals surface area contributed by atoms with E-state index in [2.05, 4.69) is 59.0 Å². The third-order valence-corrected chi connectivity index (χ3v) is 4.39. The number of nitrogens with one attached hydrogen (secondary N) is 1. The van der Waals surface area contributed by atoms with Gasteiger partial charge in [0.2, 0.25) is 0 Å². The van der Waals surface area contributed by atoms with Gasteiger partial charge in [-0.3, -0.25) is 0 Å². The maximum Gasteiger partial charge on any atom is 0.0286 e. The standard InChI is InChI=1S/C15H27N/c1-14(2,3)12-10-7-8-11(16-9-10)13(12)15(4,5)6/h7-8,10-13,16H,9H2,1-6H3. The van der Waals surface area contributed by atoms with Gasteiger partial charge in [0.1, 0.15) is 0 Å². The van der Waals surface area contributed by atoms with Crippen molar-refractivity contribution in [3.8, 4) is 0 Å². The Hall–Kier alpha value is -0.300. The molecular formula is C15H27N. The second-order valence-corrected chi connectivity index (χ2v) is 7.77. The predicted octanol–water partition coefficient (Wildman–Crippen LogP) is 3.47. The Bertz CT molecular complexity index is 260. The summed E-state index contributed by atoms with van der Waals surface area (Å²) in [4.78, 5) is 0. The van der Waals surface area contributed by atoms with E-state index in [4.69, 9.17) is 0 Å². The fourth-order valence-corrected chi connectivity index (χ4v) is 3.91. The van der Waals surface area contributed by atoms with Crippen LogP contribution in [0.3, 0.4) is 0 Å². The predicted molar refractivity (Wildman–Crippen MR) is 70.3 cm³/mol. The zero-order valence-electron chi connectivity index (χ0n) is 11.7. The molecule has 3 aliphatic rings. The Kier molecular flexibility index (Phi) is 2.73. The Labute approximate surface area is 101 Å². The van der Waals surface area contributed by atoms with E-state index >= 15 is 0 Å². The van der Waals surface area contributed by atoms with Crippen LogP contribution in [0.15, 0.2) is 12.2 Å². The van der Waals surface area contributed by atoms with Crippen LogP contribution in [0.2, 0.25) is 0 Å². The molecule has 2 aliphatic heterocycles. The Morgan fingerprint density at radius 1 is 0.875 bits per heavy atom. The monoisotopic (exact) mass is 221 g/mol. The summed E-state index contributed by atoms with van der Waals surface area (Å²) in [6.45, 7) is 15.6. The summed E-state index contributed by atoms with van der Waals surface area (Å²) in [6.07, 6.45) is 4.87. The summed E-state index contributed by atoms with van der Waals surface area (Å²) >= 11 is 0. The van der Waals surface area contributed by atoms with Gasteiger partial charge >= 0.3 is 0 Å². The average Bonchev–Trinajstić information content (AvgIpc) is 2.15. The van der Waals surface area contributed by atoms with Crippen molar-refractivity contribution < 1.29 is 0 Å². The molecule has 0 saturated carbocycles. The summed E-state index contributed by atoms with van der Waals surface area (Å²) in [5, 5.41) is 3.69. The van der Waals surface area contributed by atoms with Gasteiger partial charge in [-0.2, -0.15) is 0 Å². The summed E-state index contributed by atoms with van der Waals surface area (Å²) in [5.74, 6) is 2.30. The van der Waals surface area contributed by atoms with Gasteiger partial charge in [0.15, 0.2) is 0 Å². The zero-order valence-corrected chi connectivity index (χ0v) is 11.7. The molecule has 0 radical (unpaired) electrons. The molecule has 0 aromatic carbocycles. The third-order valence-electron chi connectivity index (χ3n) is 4.39. The lowest BCUT2D eigenvalue weighted by molar-refractivity contribution is -0.0108. The summed E-state index contributed by atoms with van der Waals surface area (Å²) in [7, 11) is 0. The maximum atomic E-state index is 3.69. The van der Waals surface area contributed by atoms with Crippen LogP contribution in [0.4, 0.5) is 0 Å². The molecule has 1 saturated heterocycles. The molecule has 2 heterocycles. The molecule has 4 atom stereocenters. The minimum Gasteiger partial charge on any atom is -0.310 e. The fraction of sp³-hybridized carbons (Fsp3) is 0.867. The van der Waals surface area contributed by atoms with Gasteiger partial charge in [-0.05, 0) is 28.6 Å². The van der Waals surface area contributed by atoms with E-state index in [1.165, 1.54) is 6.54 Å². The normalized spacial score (nSPS) is 39.1. The van der Waals surface area contributed by atoms with E-state index in [1.807, 2.05) is 0 Å². The highest BCUT2D eigenvalue weighted by Crippen LogP contribution is 2.51. The van der Waals surface area contributed by atoms with Gasteiger partial charge in [-0.15, -0.1) is 0 Å². The molecule has 1 nitrogen and oxygen atoms in total. The highest BCUT2D eigenvalue weighted by Gasteiger charge is 2.49. The summed E-state index contributed by atoms with van der Waals surface area (Å²) in [6, 6.07) is 0.592. The van der Waals surface area contributed by atoms with Gasteiger partial charge in [-0.1, -0.05) is 53.7 Å². The fourth-order valence-electron chi connectivity index (χ4n) is 3.91. The lowest BCUT2D eigenvalue weighted by atomic mass is 9.54. The van der Waals surface area contributed by atoms with E-state index in [-0.39, 0.29) is 0 Å². The first kappa shape index (κ1) is 12.2. The van der Waals surface area contributed by atoms with Crippen LogP contribution in [-0.2, 0) is 0 Å². The highest BCUT2D eigenvalue weighted by molar-refractivity contribution is 5.17. The first-order valence-corrected chi connectivity index (χ1v) is 6.63. The van der Waals surface area contributed by atoms with Crippen molar-refractivity contribution in [2.75, 3.05) is 6.54 Å². The van der Waals surface area contributed by atoms with Gasteiger partial charge in [-0.25, -0.2) is 0 Å². The van der Waals surface area contributed by atoms with Crippen molar-refractivity contribution in [1.82, 2.24) is 5.32 Å². The van der Waals surface area contributed by atoms with Crippen molar-refractivity contribution in [1.29, 1.82) is 0 Å². The SMILES string of the molecule is CC(C)(C)C1C2C=CC(NC2)C1C(C)(C)C. The molecule has 16 heavy (non-hydrogen) atoms. The number of hydrogen-bond acceptors (Lipinski definition) is 1. The Balaban J connectivity index is 2.37. The first-order valence-electron chi connectivity index (χ1n) is 6.63. The molecule has 1 heteroatoms. The van der Waals surface area contributed by atoms with Crippen molar-refractivity contribution in [3.63, 3.8) is 0 Å². The van der Waals surface area contributed by atoms with Crippen LogP contribution in [0.25, 0.3) is 0 Å². The van der Waals surface area contributed by atoms with E-state index in [0.29, 0.717) is 16.9 Å². The van der Waals surface area contributed by atoms with E-state index in [1.54, 1.807) is 0 Å². The van der Waals surface area contributed by atoms with Gasteiger partial charge in [0.05, 0.1) is 0 Å². The molecule has 1 aliphatic carbocycles. The quantitative estimate of drug-likeness (QED) is 0.618. The molecule has 2 bridgehead atoms. The minimum absolute atomic E-state index is 0.388. The number of piperidine rings is 1. The number of hydrogen-bond donors (Lipinski definition) is 1. The van der Waals surface area contributed by atoms with Crippen LogP contribution in [0.1, 0.15) is 41.5 Å². The molecular weight excluding hydrogens is 194 g/mol. The van der Waals surface area contributed by atoms with Crippen molar-refractivity contribution in [3.05, 3.63) is 12.2 Å². The van der Waals surface area contributed by atoms with Crippen LogP contribution in [-0.4, -0.2) is 12.6 Å². The molecule has 1 fully saturated rings. The third kappa shape index (κ3) is 1.95. The largest absolute Gasteiger partial charge is 0.310 e. The Morgan fingerprint density at radius 2 is 1.44 bits per heavy atom. The van der Waals surface area contributed by atoms with Crippen molar-refractivity contribution in [2.24, 2.45) is 28.6 Å². The first-order chi connectivity index (χ1) is 7.21. The van der Waals surface area contributed by atoms with Crippen LogP contribution in [0.5, 0.6) is 0 Å². The van der Waals surface area contributed by atoms with Crippen molar-refractivity contribution in [2.45, 2.75) is 47.6 Å². The Morgan fingerprint density at radius 3 is 1.75 bits per heavy atom. The summed E-state index contributed by atoms with van der Waals surface area (Å²) < 4.78 is 0. The van der Waals surface area contributed by atoms with Crippen LogP contribution < -0.4 is 5.32 Å². The molecule has 92 valence electrons. The average molecular weight is 221 g/mol. The maximum absolute atomic E-state index is 3.69. The highest BCUT2D eigenvalue weighted by atomic mass is 15.0. The van der Waals surface area contributed by atoms with Gasteiger partial charge < -0.3 is 5.32 Å². The number of fused-ring (bicyclic) bond motifs is 2. The minimum atomic E-state index is 0.388. The molecule has 1 N–H and O–H groups in total. The van der Waals surface area contributed by atoms with Crippen LogP contribution >= 0.6 is 0 Å². The summed E-state index contributed by atoms with van der Waals surface area (Å²) in [5.41, 5.74) is 0.798. The lowest BCUT2D eigenvalue weighted by Crippen LogP contribution is -2.59. The molecule has 0 spiro atoms. The smallest absolute Gasteiger partial charge is 0.0286 e. The second-order valence-electron chi connectivity index (χ2n) is 7.77. The van der Waals surface area contributed by atoms with Crippen molar-refractivity contribution >= 4 is 0 Å². The van der Waals surface area contributed by atoms with Gasteiger partial charge in [0.25, 0.3) is 0 Å². The topological polar surface area (TPSA) is 12.0 Å². The number of rotatable bonds is 0. The molecule has 4 unspecified atom stereocenters. The van der Waals surface area contributed by atoms with E-state index in [9.17, 15) is 0 Å². The molecule has 0 amide bonds. The molecule has 0 aromatic heterocycles. The lowest BCUT2D eigenvalue weighted by Gasteiger charge is -2.55. The van der Waals surface area contributed by atoms with E-state index in [0.717, 1.165) is 17.8 Å². The van der Waals surface area contributed by atoms with E-state index < -0.39 is 0 Å². The second kappa shape index (κ2) is 3.60.